The van der Waals surface area contributed by atoms with Gasteiger partial charge in [-0.05, 0) is 44.2 Å². The van der Waals surface area contributed by atoms with E-state index in [4.69, 9.17) is 0 Å². The third-order valence-corrected chi connectivity index (χ3v) is 8.04. The van der Waals surface area contributed by atoms with E-state index in [1.165, 1.54) is 15.6 Å². The van der Waals surface area contributed by atoms with E-state index in [9.17, 15) is 13.2 Å². The SMILES string of the molecule is CNC1CCN(C(=O)C2CCCN2S(=O)(=O)c2cccs2)CC1. The Morgan fingerprint density at radius 1 is 1.26 bits per heavy atom. The summed E-state index contributed by atoms with van der Waals surface area (Å²) in [5.41, 5.74) is 0. The van der Waals surface area contributed by atoms with Crippen LogP contribution in [0.5, 0.6) is 0 Å². The van der Waals surface area contributed by atoms with Crippen LogP contribution in [0.3, 0.4) is 0 Å². The van der Waals surface area contributed by atoms with Gasteiger partial charge in [-0.3, -0.25) is 4.79 Å². The van der Waals surface area contributed by atoms with Crippen LogP contribution in [0.1, 0.15) is 25.7 Å². The minimum absolute atomic E-state index is 0.0304. The van der Waals surface area contributed by atoms with E-state index in [1.807, 2.05) is 11.9 Å². The molecule has 0 spiro atoms. The lowest BCUT2D eigenvalue weighted by Crippen LogP contribution is -2.51. The minimum Gasteiger partial charge on any atom is -0.341 e. The Labute approximate surface area is 141 Å². The molecule has 1 aromatic heterocycles. The first-order valence-corrected chi connectivity index (χ1v) is 10.4. The van der Waals surface area contributed by atoms with Gasteiger partial charge in [-0.15, -0.1) is 11.3 Å². The Hall–Kier alpha value is -0.960. The molecule has 2 saturated heterocycles. The van der Waals surface area contributed by atoms with Crippen LogP contribution in [0.2, 0.25) is 0 Å². The van der Waals surface area contributed by atoms with Crippen LogP contribution in [0, 0.1) is 0 Å². The summed E-state index contributed by atoms with van der Waals surface area (Å²) < 4.78 is 27.2. The summed E-state index contributed by atoms with van der Waals surface area (Å²) in [6.07, 6.45) is 3.21. The zero-order valence-corrected chi connectivity index (χ0v) is 14.9. The van der Waals surface area contributed by atoms with Crippen molar-refractivity contribution in [1.29, 1.82) is 0 Å². The predicted molar refractivity (Wildman–Crippen MR) is 89.9 cm³/mol. The third-order valence-electron chi connectivity index (χ3n) is 4.76. The number of carbonyl (C=O) groups excluding carboxylic acids is 1. The van der Waals surface area contributed by atoms with Crippen molar-refractivity contribution < 1.29 is 13.2 Å². The largest absolute Gasteiger partial charge is 0.341 e. The fraction of sp³-hybridized carbons (Fsp3) is 0.667. The molecule has 3 rings (SSSR count). The Kier molecular flexibility index (Phi) is 5.05. The monoisotopic (exact) mass is 357 g/mol. The van der Waals surface area contributed by atoms with E-state index in [1.54, 1.807) is 17.5 Å². The molecule has 2 fully saturated rings. The highest BCUT2D eigenvalue weighted by molar-refractivity contribution is 7.91. The predicted octanol–water partition coefficient (Wildman–Crippen LogP) is 1.11. The molecule has 0 radical (unpaired) electrons. The average molecular weight is 358 g/mol. The van der Waals surface area contributed by atoms with Gasteiger partial charge < -0.3 is 10.2 Å². The maximum atomic E-state index is 12.8. The van der Waals surface area contributed by atoms with Crippen molar-refractivity contribution in [3.63, 3.8) is 0 Å². The average Bonchev–Trinajstić information content (AvgIpc) is 3.25. The van der Waals surface area contributed by atoms with Gasteiger partial charge in [0.2, 0.25) is 5.91 Å². The van der Waals surface area contributed by atoms with E-state index in [0.29, 0.717) is 36.3 Å². The number of hydrogen-bond donors (Lipinski definition) is 1. The second kappa shape index (κ2) is 6.88. The van der Waals surface area contributed by atoms with Crippen LogP contribution in [0.15, 0.2) is 21.7 Å². The number of amides is 1. The number of hydrogen-bond acceptors (Lipinski definition) is 5. The first-order chi connectivity index (χ1) is 11.0. The highest BCUT2D eigenvalue weighted by Crippen LogP contribution is 2.30. The summed E-state index contributed by atoms with van der Waals surface area (Å²) >= 11 is 1.21. The maximum absolute atomic E-state index is 12.8. The van der Waals surface area contributed by atoms with Crippen LogP contribution in [-0.2, 0) is 14.8 Å². The van der Waals surface area contributed by atoms with E-state index in [2.05, 4.69) is 5.32 Å². The summed E-state index contributed by atoms with van der Waals surface area (Å²) in [7, 11) is -1.61. The molecule has 128 valence electrons. The number of piperidine rings is 1. The summed E-state index contributed by atoms with van der Waals surface area (Å²) in [5, 5.41) is 4.99. The van der Waals surface area contributed by atoms with Gasteiger partial charge in [0.15, 0.2) is 0 Å². The first kappa shape index (κ1) is 16.9. The highest BCUT2D eigenvalue weighted by Gasteiger charge is 2.41. The highest BCUT2D eigenvalue weighted by atomic mass is 32.2. The molecule has 0 saturated carbocycles. The first-order valence-electron chi connectivity index (χ1n) is 8.05. The lowest BCUT2D eigenvalue weighted by Gasteiger charge is -2.35. The molecule has 2 aliphatic heterocycles. The minimum atomic E-state index is -3.55. The molecule has 8 heteroatoms. The van der Waals surface area contributed by atoms with Crippen LogP contribution in [-0.4, -0.2) is 62.3 Å². The van der Waals surface area contributed by atoms with Gasteiger partial charge in [-0.1, -0.05) is 6.07 Å². The van der Waals surface area contributed by atoms with E-state index in [-0.39, 0.29) is 5.91 Å². The molecule has 1 aromatic rings. The smallest absolute Gasteiger partial charge is 0.253 e. The number of likely N-dealkylation sites (tertiary alicyclic amines) is 1. The fourth-order valence-corrected chi connectivity index (χ4v) is 6.17. The molecular formula is C15H23N3O3S2. The topological polar surface area (TPSA) is 69.7 Å². The molecule has 2 aliphatic rings. The van der Waals surface area contributed by atoms with Crippen molar-refractivity contribution in [2.75, 3.05) is 26.7 Å². The van der Waals surface area contributed by atoms with Crippen molar-refractivity contribution in [1.82, 2.24) is 14.5 Å². The molecule has 1 N–H and O–H groups in total. The van der Waals surface area contributed by atoms with Crippen molar-refractivity contribution in [3.05, 3.63) is 17.5 Å². The summed E-state index contributed by atoms with van der Waals surface area (Å²) in [6, 6.07) is 3.26. The Balaban J connectivity index is 1.73. The fourth-order valence-electron chi connectivity index (χ4n) is 3.40. The quantitative estimate of drug-likeness (QED) is 0.876. The normalized spacial score (nSPS) is 24.2. The molecule has 23 heavy (non-hydrogen) atoms. The Bertz CT molecular complexity index is 637. The number of rotatable bonds is 4. The second-order valence-corrected chi connectivity index (χ2v) is 9.16. The molecular weight excluding hydrogens is 334 g/mol. The van der Waals surface area contributed by atoms with Crippen LogP contribution >= 0.6 is 11.3 Å². The van der Waals surface area contributed by atoms with Crippen LogP contribution in [0.25, 0.3) is 0 Å². The number of nitrogens with one attached hydrogen (secondary N) is 1. The third kappa shape index (κ3) is 3.31. The van der Waals surface area contributed by atoms with Crippen molar-refractivity contribution in [2.24, 2.45) is 0 Å². The molecule has 0 bridgehead atoms. The van der Waals surface area contributed by atoms with Gasteiger partial charge in [0.25, 0.3) is 10.0 Å². The molecule has 6 nitrogen and oxygen atoms in total. The molecule has 0 aromatic carbocycles. The van der Waals surface area contributed by atoms with Gasteiger partial charge in [-0.2, -0.15) is 4.31 Å². The number of thiophene rings is 1. The number of sulfonamides is 1. The van der Waals surface area contributed by atoms with Gasteiger partial charge in [0, 0.05) is 25.7 Å². The van der Waals surface area contributed by atoms with Crippen LogP contribution < -0.4 is 5.32 Å². The lowest BCUT2D eigenvalue weighted by molar-refractivity contribution is -0.135. The molecule has 1 atom stereocenters. The summed E-state index contributed by atoms with van der Waals surface area (Å²) in [5.74, 6) is -0.0304. The lowest BCUT2D eigenvalue weighted by atomic mass is 10.0. The van der Waals surface area contributed by atoms with Gasteiger partial charge in [-0.25, -0.2) is 8.42 Å². The van der Waals surface area contributed by atoms with Crippen molar-refractivity contribution >= 4 is 27.3 Å². The van der Waals surface area contributed by atoms with Gasteiger partial charge in [0.1, 0.15) is 10.3 Å². The zero-order valence-electron chi connectivity index (χ0n) is 13.3. The molecule has 1 unspecified atom stereocenters. The molecule has 0 aliphatic carbocycles. The van der Waals surface area contributed by atoms with Gasteiger partial charge >= 0.3 is 0 Å². The summed E-state index contributed by atoms with van der Waals surface area (Å²) in [6.45, 7) is 1.84. The summed E-state index contributed by atoms with van der Waals surface area (Å²) in [4.78, 5) is 14.7. The zero-order chi connectivity index (χ0) is 16.4. The molecule has 3 heterocycles. The van der Waals surface area contributed by atoms with Crippen LogP contribution in [0.4, 0.5) is 0 Å². The Morgan fingerprint density at radius 3 is 2.61 bits per heavy atom. The van der Waals surface area contributed by atoms with Crippen molar-refractivity contribution in [3.8, 4) is 0 Å². The number of carbonyl (C=O) groups is 1. The molecule has 1 amide bonds. The van der Waals surface area contributed by atoms with E-state index < -0.39 is 16.1 Å². The van der Waals surface area contributed by atoms with Gasteiger partial charge in [0.05, 0.1) is 0 Å². The van der Waals surface area contributed by atoms with E-state index in [0.717, 1.165) is 19.3 Å². The number of nitrogens with zero attached hydrogens (tertiary/aromatic N) is 2. The standard InChI is InChI=1S/C15H23N3O3S2/c1-16-12-6-9-17(10-7-12)15(19)13-4-2-8-18(13)23(20,21)14-5-3-11-22-14/h3,5,11-13,16H,2,4,6-10H2,1H3. The van der Waals surface area contributed by atoms with Crippen molar-refractivity contribution in [2.45, 2.75) is 42.0 Å². The maximum Gasteiger partial charge on any atom is 0.253 e. The second-order valence-electron chi connectivity index (χ2n) is 6.09. The van der Waals surface area contributed by atoms with E-state index >= 15 is 0 Å². The Morgan fingerprint density at radius 2 is 2.00 bits per heavy atom.